The van der Waals surface area contributed by atoms with Gasteiger partial charge in [-0.1, -0.05) is 49.6 Å². The van der Waals surface area contributed by atoms with Crippen molar-refractivity contribution < 1.29 is 14.0 Å². The number of anilines is 1. The first kappa shape index (κ1) is 20.9. The van der Waals surface area contributed by atoms with Gasteiger partial charge in [0.05, 0.1) is 11.1 Å². The molecule has 1 saturated heterocycles. The Labute approximate surface area is 181 Å². The number of aryl methyl sites for hydroxylation is 1. The zero-order valence-electron chi connectivity index (χ0n) is 17.1. The Morgan fingerprint density at radius 1 is 1.03 bits per heavy atom. The van der Waals surface area contributed by atoms with Gasteiger partial charge < -0.3 is 10.2 Å². The fraction of sp³-hybridized carbons (Fsp3) is 0.417. The van der Waals surface area contributed by atoms with Crippen LogP contribution in [0, 0.1) is 18.7 Å². The summed E-state index contributed by atoms with van der Waals surface area (Å²) in [5.41, 5.74) is 1.68. The Bertz CT molecular complexity index is 929. The fourth-order valence-electron chi connectivity index (χ4n) is 4.50. The molecule has 2 atom stereocenters. The zero-order chi connectivity index (χ0) is 21.1. The lowest BCUT2D eigenvalue weighted by Gasteiger charge is -2.35. The summed E-state index contributed by atoms with van der Waals surface area (Å²) < 4.78 is 14.1. The van der Waals surface area contributed by atoms with E-state index in [9.17, 15) is 14.0 Å². The lowest BCUT2D eigenvalue weighted by molar-refractivity contribution is -0.120. The first-order chi connectivity index (χ1) is 14.6. The normalized spacial score (nSPS) is 22.1. The molecule has 0 spiro atoms. The van der Waals surface area contributed by atoms with Crippen LogP contribution in [0.1, 0.15) is 48.0 Å². The zero-order valence-corrected chi connectivity index (χ0v) is 18.0. The van der Waals surface area contributed by atoms with Crippen LogP contribution in [0.4, 0.5) is 10.1 Å². The number of carbonyl (C=O) groups is 2. The molecule has 1 heterocycles. The number of thioether (sulfide) groups is 1. The highest BCUT2D eigenvalue weighted by molar-refractivity contribution is 8.00. The van der Waals surface area contributed by atoms with E-state index in [0.29, 0.717) is 17.2 Å². The number of rotatable bonds is 4. The highest BCUT2D eigenvalue weighted by Crippen LogP contribution is 2.41. The summed E-state index contributed by atoms with van der Waals surface area (Å²) in [7, 11) is 0. The van der Waals surface area contributed by atoms with Crippen molar-refractivity contribution in [3.8, 4) is 0 Å². The number of carbonyl (C=O) groups excluding carboxylic acids is 2. The maximum Gasteiger partial charge on any atom is 0.255 e. The lowest BCUT2D eigenvalue weighted by Crippen LogP contribution is -2.50. The summed E-state index contributed by atoms with van der Waals surface area (Å²) >= 11 is 1.69. The fourth-order valence-corrected chi connectivity index (χ4v) is 6.14. The molecule has 30 heavy (non-hydrogen) atoms. The van der Waals surface area contributed by atoms with Gasteiger partial charge in [0.2, 0.25) is 5.91 Å². The molecule has 1 N–H and O–H groups in total. The number of amides is 2. The van der Waals surface area contributed by atoms with E-state index in [1.165, 1.54) is 25.3 Å². The Hall–Kier alpha value is -2.34. The van der Waals surface area contributed by atoms with Crippen LogP contribution in [0.25, 0.3) is 0 Å². The van der Waals surface area contributed by atoms with Gasteiger partial charge in [-0.2, -0.15) is 0 Å². The highest BCUT2D eigenvalue weighted by Gasteiger charge is 2.45. The molecule has 158 valence electrons. The number of para-hydroxylation sites is 1. The molecule has 2 fully saturated rings. The second-order valence-corrected chi connectivity index (χ2v) is 9.28. The molecule has 0 radical (unpaired) electrons. The Balaban J connectivity index is 1.63. The minimum Gasteiger partial charge on any atom is -0.322 e. The molecule has 0 aromatic heterocycles. The van der Waals surface area contributed by atoms with Gasteiger partial charge in [-0.3, -0.25) is 9.59 Å². The molecule has 1 saturated carbocycles. The van der Waals surface area contributed by atoms with Crippen molar-refractivity contribution >= 4 is 29.3 Å². The average molecular weight is 427 g/mol. The Morgan fingerprint density at radius 2 is 1.73 bits per heavy atom. The standard InChI is InChI=1S/C24H27FN2O2S/c1-16-9-5-6-12-18(16)23(29)27-21(15-30-24(27)17-10-3-2-4-11-17)22(28)26-20-14-8-7-13-19(20)25/h5-9,12-14,17,21,24H,2-4,10-11,15H2,1H3,(H,26,28)/t21-,24-/m1/s1. The van der Waals surface area contributed by atoms with E-state index in [4.69, 9.17) is 0 Å². The largest absolute Gasteiger partial charge is 0.322 e. The van der Waals surface area contributed by atoms with Crippen molar-refractivity contribution in [2.45, 2.75) is 50.4 Å². The van der Waals surface area contributed by atoms with Gasteiger partial charge in [0.1, 0.15) is 11.9 Å². The van der Waals surface area contributed by atoms with E-state index in [1.54, 1.807) is 34.9 Å². The van der Waals surface area contributed by atoms with Crippen molar-refractivity contribution in [1.29, 1.82) is 0 Å². The molecule has 4 rings (SSSR count). The van der Waals surface area contributed by atoms with Crippen LogP contribution in [0.3, 0.4) is 0 Å². The van der Waals surface area contributed by atoms with Crippen LogP contribution < -0.4 is 5.32 Å². The predicted octanol–water partition coefficient (Wildman–Crippen LogP) is 5.24. The van der Waals surface area contributed by atoms with Gasteiger partial charge in [0.25, 0.3) is 5.91 Å². The van der Waals surface area contributed by atoms with Gasteiger partial charge in [0, 0.05) is 11.3 Å². The van der Waals surface area contributed by atoms with E-state index >= 15 is 0 Å². The van der Waals surface area contributed by atoms with Gasteiger partial charge in [-0.25, -0.2) is 4.39 Å². The summed E-state index contributed by atoms with van der Waals surface area (Å²) in [6, 6.07) is 13.0. The van der Waals surface area contributed by atoms with Crippen molar-refractivity contribution in [3.63, 3.8) is 0 Å². The number of nitrogens with one attached hydrogen (secondary N) is 1. The molecule has 0 unspecified atom stereocenters. The van der Waals surface area contributed by atoms with Gasteiger partial charge in [-0.05, 0) is 49.4 Å². The molecular weight excluding hydrogens is 399 g/mol. The van der Waals surface area contributed by atoms with E-state index in [1.807, 2.05) is 31.2 Å². The summed E-state index contributed by atoms with van der Waals surface area (Å²) in [6.45, 7) is 1.92. The third kappa shape index (κ3) is 4.24. The summed E-state index contributed by atoms with van der Waals surface area (Å²) in [4.78, 5) is 28.5. The van der Waals surface area contributed by atoms with E-state index in [0.717, 1.165) is 18.4 Å². The average Bonchev–Trinajstić information content (AvgIpc) is 3.21. The van der Waals surface area contributed by atoms with Gasteiger partial charge >= 0.3 is 0 Å². The molecule has 2 aliphatic rings. The molecule has 2 aromatic carbocycles. The Kier molecular flexibility index (Phi) is 6.42. The third-order valence-electron chi connectivity index (χ3n) is 6.13. The highest BCUT2D eigenvalue weighted by atomic mass is 32.2. The minimum absolute atomic E-state index is 0.0197. The third-order valence-corrected chi connectivity index (χ3v) is 7.59. The van der Waals surface area contributed by atoms with Crippen molar-refractivity contribution in [2.75, 3.05) is 11.1 Å². The smallest absolute Gasteiger partial charge is 0.255 e. The number of nitrogens with zero attached hydrogens (tertiary/aromatic N) is 1. The first-order valence-electron chi connectivity index (χ1n) is 10.6. The van der Waals surface area contributed by atoms with E-state index < -0.39 is 11.9 Å². The molecule has 2 aromatic rings. The number of benzene rings is 2. The number of hydrogen-bond donors (Lipinski definition) is 1. The van der Waals surface area contributed by atoms with Gasteiger partial charge in [0.15, 0.2) is 0 Å². The molecule has 1 aliphatic carbocycles. The topological polar surface area (TPSA) is 49.4 Å². The Morgan fingerprint density at radius 3 is 2.47 bits per heavy atom. The van der Waals surface area contributed by atoms with Crippen molar-refractivity contribution in [2.24, 2.45) is 5.92 Å². The van der Waals surface area contributed by atoms with E-state index in [2.05, 4.69) is 5.32 Å². The van der Waals surface area contributed by atoms with Crippen LogP contribution in [-0.2, 0) is 4.79 Å². The van der Waals surface area contributed by atoms with E-state index in [-0.39, 0.29) is 22.9 Å². The summed E-state index contributed by atoms with van der Waals surface area (Å²) in [5.74, 6) is 0.00861. The van der Waals surface area contributed by atoms with Crippen LogP contribution in [0.15, 0.2) is 48.5 Å². The second-order valence-electron chi connectivity index (χ2n) is 8.13. The monoisotopic (exact) mass is 426 g/mol. The predicted molar refractivity (Wildman–Crippen MR) is 119 cm³/mol. The molecule has 1 aliphatic heterocycles. The number of halogens is 1. The quantitative estimate of drug-likeness (QED) is 0.728. The molecule has 2 amide bonds. The lowest BCUT2D eigenvalue weighted by atomic mass is 9.88. The second kappa shape index (κ2) is 9.21. The summed E-state index contributed by atoms with van der Waals surface area (Å²) in [6.07, 6.45) is 5.73. The molecular formula is C24H27FN2O2S. The van der Waals surface area contributed by atoms with Crippen LogP contribution >= 0.6 is 11.8 Å². The van der Waals surface area contributed by atoms with Gasteiger partial charge in [-0.15, -0.1) is 11.8 Å². The van der Waals surface area contributed by atoms with Crippen LogP contribution in [-0.4, -0.2) is 33.9 Å². The minimum atomic E-state index is -0.617. The molecule has 6 heteroatoms. The molecule has 4 nitrogen and oxygen atoms in total. The van der Waals surface area contributed by atoms with Crippen LogP contribution in [0.5, 0.6) is 0 Å². The summed E-state index contributed by atoms with van der Waals surface area (Å²) in [5, 5.41) is 2.69. The molecule has 0 bridgehead atoms. The maximum atomic E-state index is 14.1. The first-order valence-corrected chi connectivity index (χ1v) is 11.7. The maximum absolute atomic E-state index is 14.1. The van der Waals surface area contributed by atoms with Crippen molar-refractivity contribution in [1.82, 2.24) is 4.90 Å². The van der Waals surface area contributed by atoms with Crippen molar-refractivity contribution in [3.05, 3.63) is 65.5 Å². The SMILES string of the molecule is Cc1ccccc1C(=O)N1[C@@H](C(=O)Nc2ccccc2F)CS[C@@H]1C1CCCCC1. The number of hydrogen-bond acceptors (Lipinski definition) is 3. The van der Waals surface area contributed by atoms with Crippen LogP contribution in [0.2, 0.25) is 0 Å².